The Morgan fingerprint density at radius 1 is 0.615 bits per heavy atom. The summed E-state index contributed by atoms with van der Waals surface area (Å²) in [5.74, 6) is 2.16. The highest BCUT2D eigenvalue weighted by Gasteiger charge is 2.27. The number of benzene rings is 4. The van der Waals surface area contributed by atoms with Crippen LogP contribution in [0.25, 0.3) is 21.9 Å². The maximum atomic E-state index is 14.2. The van der Waals surface area contributed by atoms with Gasteiger partial charge in [-0.3, -0.25) is 0 Å². The van der Waals surface area contributed by atoms with Crippen LogP contribution in [-0.2, 0) is 23.1 Å². The van der Waals surface area contributed by atoms with Crippen molar-refractivity contribution in [3.05, 3.63) is 90.0 Å². The first kappa shape index (κ1) is 26.4. The molecule has 5 rings (SSSR count). The molecule has 1 aromatic heterocycles. The van der Waals surface area contributed by atoms with Gasteiger partial charge in [0, 0.05) is 23.9 Å². The third-order valence-corrected chi connectivity index (χ3v) is 8.39. The van der Waals surface area contributed by atoms with E-state index in [0.717, 1.165) is 21.9 Å². The molecule has 5 aromatic rings. The molecule has 0 aliphatic rings. The number of furan rings is 1. The molecular formula is C30H29NO7S. The van der Waals surface area contributed by atoms with E-state index in [9.17, 15) is 8.42 Å². The third-order valence-electron chi connectivity index (χ3n) is 6.60. The lowest BCUT2D eigenvalue weighted by Gasteiger charge is -2.23. The van der Waals surface area contributed by atoms with Gasteiger partial charge >= 0.3 is 0 Å². The van der Waals surface area contributed by atoms with Crippen molar-refractivity contribution in [2.75, 3.05) is 28.4 Å². The van der Waals surface area contributed by atoms with Gasteiger partial charge in [-0.1, -0.05) is 30.3 Å². The van der Waals surface area contributed by atoms with Gasteiger partial charge < -0.3 is 23.4 Å². The van der Waals surface area contributed by atoms with Gasteiger partial charge in [0.2, 0.25) is 10.0 Å². The fourth-order valence-electron chi connectivity index (χ4n) is 4.61. The van der Waals surface area contributed by atoms with Crippen LogP contribution >= 0.6 is 0 Å². The van der Waals surface area contributed by atoms with Crippen molar-refractivity contribution >= 4 is 32.0 Å². The predicted octanol–water partition coefficient (Wildman–Crippen LogP) is 6.01. The summed E-state index contributed by atoms with van der Waals surface area (Å²) in [4.78, 5) is 0.169. The van der Waals surface area contributed by atoms with Crippen molar-refractivity contribution in [2.24, 2.45) is 0 Å². The van der Waals surface area contributed by atoms with Gasteiger partial charge in [-0.05, 0) is 59.7 Å². The molecule has 39 heavy (non-hydrogen) atoms. The van der Waals surface area contributed by atoms with E-state index in [2.05, 4.69) is 0 Å². The Kier molecular flexibility index (Phi) is 7.36. The van der Waals surface area contributed by atoms with Crippen molar-refractivity contribution in [3.63, 3.8) is 0 Å². The number of fused-ring (bicyclic) bond motifs is 3. The molecule has 0 amide bonds. The first-order chi connectivity index (χ1) is 18.9. The Morgan fingerprint density at radius 3 is 1.72 bits per heavy atom. The van der Waals surface area contributed by atoms with Gasteiger partial charge in [-0.2, -0.15) is 4.31 Å². The third kappa shape index (κ3) is 5.10. The molecule has 0 spiro atoms. The maximum absolute atomic E-state index is 14.2. The van der Waals surface area contributed by atoms with Gasteiger partial charge in [0.15, 0.2) is 23.0 Å². The highest BCUT2D eigenvalue weighted by Crippen LogP contribution is 2.34. The van der Waals surface area contributed by atoms with Crippen molar-refractivity contribution in [2.45, 2.75) is 18.0 Å². The molecule has 0 aliphatic carbocycles. The van der Waals surface area contributed by atoms with Crippen molar-refractivity contribution in [1.29, 1.82) is 0 Å². The summed E-state index contributed by atoms with van der Waals surface area (Å²) >= 11 is 0. The Labute approximate surface area is 227 Å². The fourth-order valence-corrected chi connectivity index (χ4v) is 6.05. The first-order valence-electron chi connectivity index (χ1n) is 12.2. The lowest BCUT2D eigenvalue weighted by Crippen LogP contribution is -2.30. The van der Waals surface area contributed by atoms with E-state index in [1.165, 1.54) is 4.31 Å². The van der Waals surface area contributed by atoms with Crippen molar-refractivity contribution in [3.8, 4) is 23.0 Å². The van der Waals surface area contributed by atoms with Crippen LogP contribution in [0.2, 0.25) is 0 Å². The average molecular weight is 548 g/mol. The van der Waals surface area contributed by atoms with Gasteiger partial charge in [0.25, 0.3) is 0 Å². The van der Waals surface area contributed by atoms with Gasteiger partial charge in [-0.15, -0.1) is 0 Å². The van der Waals surface area contributed by atoms with Crippen molar-refractivity contribution in [1.82, 2.24) is 4.31 Å². The Balaban J connectivity index is 1.58. The summed E-state index contributed by atoms with van der Waals surface area (Å²) < 4.78 is 57.3. The number of sulfonamides is 1. The topological polar surface area (TPSA) is 87.4 Å². The quantitative estimate of drug-likeness (QED) is 0.212. The molecular weight excluding hydrogens is 518 g/mol. The minimum absolute atomic E-state index is 0.0984. The molecule has 4 aromatic carbocycles. The molecule has 0 N–H and O–H groups in total. The number of nitrogens with zero attached hydrogens (tertiary/aromatic N) is 1. The van der Waals surface area contributed by atoms with E-state index in [-0.39, 0.29) is 18.0 Å². The largest absolute Gasteiger partial charge is 0.493 e. The number of methoxy groups -OCH3 is 4. The van der Waals surface area contributed by atoms with Crippen LogP contribution in [0.3, 0.4) is 0 Å². The molecule has 202 valence electrons. The second-order valence-electron chi connectivity index (χ2n) is 8.91. The zero-order valence-electron chi connectivity index (χ0n) is 22.1. The molecule has 1 heterocycles. The molecule has 0 bridgehead atoms. The number of ether oxygens (including phenoxy) is 4. The molecule has 9 heteroatoms. The Hall–Kier alpha value is -4.21. The van der Waals surface area contributed by atoms with Crippen LogP contribution < -0.4 is 18.9 Å². The van der Waals surface area contributed by atoms with Crippen LogP contribution in [0.4, 0.5) is 0 Å². The monoisotopic (exact) mass is 547 g/mol. The van der Waals surface area contributed by atoms with E-state index in [1.807, 2.05) is 36.4 Å². The van der Waals surface area contributed by atoms with E-state index < -0.39 is 10.0 Å². The summed E-state index contributed by atoms with van der Waals surface area (Å²) in [5, 5.41) is 1.60. The molecule has 0 aliphatic heterocycles. The van der Waals surface area contributed by atoms with Crippen LogP contribution in [0, 0.1) is 0 Å². The number of rotatable bonds is 10. The lowest BCUT2D eigenvalue weighted by atomic mass is 10.1. The molecule has 0 atom stereocenters. The summed E-state index contributed by atoms with van der Waals surface area (Å²) in [7, 11) is 2.25. The number of hydrogen-bond acceptors (Lipinski definition) is 7. The predicted molar refractivity (Wildman–Crippen MR) is 149 cm³/mol. The van der Waals surface area contributed by atoms with E-state index in [0.29, 0.717) is 34.2 Å². The number of para-hydroxylation sites is 1. The average Bonchev–Trinajstić information content (AvgIpc) is 3.34. The van der Waals surface area contributed by atoms with E-state index in [1.54, 1.807) is 70.9 Å². The Morgan fingerprint density at radius 2 is 1.15 bits per heavy atom. The number of hydrogen-bond donors (Lipinski definition) is 0. The maximum Gasteiger partial charge on any atom is 0.243 e. The summed E-state index contributed by atoms with van der Waals surface area (Å²) in [6.07, 6.45) is 0. The highest BCUT2D eigenvalue weighted by molar-refractivity contribution is 7.89. The zero-order chi connectivity index (χ0) is 27.6. The van der Waals surface area contributed by atoms with Gasteiger partial charge in [0.1, 0.15) is 11.2 Å². The molecule has 0 saturated heterocycles. The fraction of sp³-hybridized carbons (Fsp3) is 0.200. The molecule has 0 fully saturated rings. The molecule has 0 saturated carbocycles. The summed E-state index contributed by atoms with van der Waals surface area (Å²) in [6, 6.07) is 23.3. The minimum atomic E-state index is -3.96. The second kappa shape index (κ2) is 10.9. The Bertz CT molecular complexity index is 1690. The molecule has 0 unspecified atom stereocenters. The van der Waals surface area contributed by atoms with Crippen LogP contribution in [-0.4, -0.2) is 41.2 Å². The van der Waals surface area contributed by atoms with Crippen LogP contribution in [0.5, 0.6) is 23.0 Å². The minimum Gasteiger partial charge on any atom is -0.493 e. The lowest BCUT2D eigenvalue weighted by molar-refractivity contribution is 0.351. The highest BCUT2D eigenvalue weighted by atomic mass is 32.2. The van der Waals surface area contributed by atoms with E-state index in [4.69, 9.17) is 23.4 Å². The van der Waals surface area contributed by atoms with Crippen LogP contribution in [0.15, 0.2) is 88.2 Å². The van der Waals surface area contributed by atoms with Crippen LogP contribution in [0.1, 0.15) is 11.1 Å². The summed E-state index contributed by atoms with van der Waals surface area (Å²) in [6.45, 7) is 0.197. The van der Waals surface area contributed by atoms with E-state index >= 15 is 0 Å². The smallest absolute Gasteiger partial charge is 0.243 e. The molecule has 8 nitrogen and oxygen atoms in total. The molecule has 0 radical (unpaired) electrons. The second-order valence-corrected chi connectivity index (χ2v) is 10.8. The SMILES string of the molecule is COc1ccc(CN(Cc2ccc(OC)c(OC)c2)S(=O)(=O)c2ccc3oc4ccccc4c3c2)cc1OC. The first-order valence-corrected chi connectivity index (χ1v) is 13.6. The standard InChI is InChI=1S/C30H29NO7S/c1-34-27-12-9-20(15-29(27)36-3)18-31(19-21-10-13-28(35-2)30(16-21)37-4)39(32,33)22-11-14-26-24(17-22)23-7-5-6-8-25(23)38-26/h5-17H,18-19H2,1-4H3. The normalized spacial score (nSPS) is 11.7. The summed E-state index contributed by atoms with van der Waals surface area (Å²) in [5.41, 5.74) is 2.81. The zero-order valence-corrected chi connectivity index (χ0v) is 22.9. The van der Waals surface area contributed by atoms with Crippen molar-refractivity contribution < 1.29 is 31.8 Å². The van der Waals surface area contributed by atoms with Gasteiger partial charge in [0.05, 0.1) is 33.3 Å². The van der Waals surface area contributed by atoms with Gasteiger partial charge in [-0.25, -0.2) is 8.42 Å².